The van der Waals surface area contributed by atoms with Gasteiger partial charge in [-0.15, -0.1) is 11.3 Å². The molecular weight excluding hydrogens is 404 g/mol. The number of hydrogen-bond acceptors (Lipinski definition) is 3. The number of amides is 2. The Hall–Kier alpha value is -3.18. The third kappa shape index (κ3) is 5.92. The third-order valence-corrected chi connectivity index (χ3v) is 6.07. The topological polar surface area (TPSA) is 58.2 Å². The predicted octanol–water partition coefficient (Wildman–Crippen LogP) is 5.71. The van der Waals surface area contributed by atoms with Crippen molar-refractivity contribution in [1.29, 1.82) is 0 Å². The molecule has 1 heterocycles. The van der Waals surface area contributed by atoms with Crippen LogP contribution in [0.15, 0.2) is 65.7 Å². The highest BCUT2D eigenvalue weighted by Crippen LogP contribution is 2.21. The molecule has 2 amide bonds. The van der Waals surface area contributed by atoms with Crippen molar-refractivity contribution in [1.82, 2.24) is 10.6 Å². The molecule has 0 aliphatic heterocycles. The van der Waals surface area contributed by atoms with Crippen LogP contribution in [0.2, 0.25) is 0 Å². The van der Waals surface area contributed by atoms with E-state index < -0.39 is 0 Å². The maximum absolute atomic E-state index is 13.2. The maximum atomic E-state index is 13.2. The second-order valence-corrected chi connectivity index (χ2v) is 8.65. The number of aryl methyl sites for hydroxylation is 3. The van der Waals surface area contributed by atoms with Gasteiger partial charge >= 0.3 is 0 Å². The molecule has 1 atom stereocenters. The summed E-state index contributed by atoms with van der Waals surface area (Å²) in [5.74, 6) is -0.611. The summed E-state index contributed by atoms with van der Waals surface area (Å²) in [6.07, 6.45) is 2.47. The quantitative estimate of drug-likeness (QED) is 0.470. The Balaban J connectivity index is 1.85. The molecule has 0 bridgehead atoms. The van der Waals surface area contributed by atoms with Crippen LogP contribution in [-0.2, 0) is 4.79 Å². The molecule has 0 aliphatic carbocycles. The second kappa shape index (κ2) is 10.2. The molecule has 0 saturated carbocycles. The Bertz CT molecular complexity index is 1100. The molecule has 1 unspecified atom stereocenters. The number of thiophene rings is 1. The van der Waals surface area contributed by atoms with Crippen molar-refractivity contribution in [3.05, 3.63) is 98.4 Å². The molecule has 2 N–H and O–H groups in total. The molecule has 5 heteroatoms. The zero-order valence-electron chi connectivity index (χ0n) is 18.4. The minimum absolute atomic E-state index is 0.144. The monoisotopic (exact) mass is 432 g/mol. The van der Waals surface area contributed by atoms with Gasteiger partial charge in [-0.3, -0.25) is 9.59 Å². The summed E-state index contributed by atoms with van der Waals surface area (Å²) < 4.78 is 0. The molecule has 3 aromatic rings. The fraction of sp³-hybridized carbons (Fsp3) is 0.231. The van der Waals surface area contributed by atoms with E-state index in [1.54, 1.807) is 18.2 Å². The first-order chi connectivity index (χ1) is 14.9. The van der Waals surface area contributed by atoms with Gasteiger partial charge in [0.25, 0.3) is 11.8 Å². The van der Waals surface area contributed by atoms with E-state index >= 15 is 0 Å². The maximum Gasteiger partial charge on any atom is 0.268 e. The van der Waals surface area contributed by atoms with Crippen LogP contribution in [0.25, 0.3) is 6.08 Å². The number of hydrogen-bond donors (Lipinski definition) is 2. The average Bonchev–Trinajstić information content (AvgIpc) is 3.26. The van der Waals surface area contributed by atoms with Crippen molar-refractivity contribution in [2.75, 3.05) is 0 Å². The summed E-state index contributed by atoms with van der Waals surface area (Å²) in [5.41, 5.74) is 5.20. The van der Waals surface area contributed by atoms with Crippen LogP contribution in [0.4, 0.5) is 0 Å². The molecule has 31 heavy (non-hydrogen) atoms. The van der Waals surface area contributed by atoms with Crippen molar-refractivity contribution in [3.63, 3.8) is 0 Å². The molecule has 4 nitrogen and oxygen atoms in total. The first-order valence-corrected chi connectivity index (χ1v) is 11.3. The lowest BCUT2D eigenvalue weighted by molar-refractivity contribution is -0.118. The molecule has 0 spiro atoms. The zero-order chi connectivity index (χ0) is 22.4. The van der Waals surface area contributed by atoms with Crippen LogP contribution in [0.3, 0.4) is 0 Å². The van der Waals surface area contributed by atoms with E-state index in [2.05, 4.69) is 36.6 Å². The molecule has 2 aromatic carbocycles. The van der Waals surface area contributed by atoms with E-state index in [1.807, 2.05) is 49.6 Å². The van der Waals surface area contributed by atoms with E-state index in [0.717, 1.165) is 22.4 Å². The van der Waals surface area contributed by atoms with Gasteiger partial charge in [0, 0.05) is 10.4 Å². The average molecular weight is 433 g/mol. The van der Waals surface area contributed by atoms with Gasteiger partial charge in [0.05, 0.1) is 6.04 Å². The van der Waals surface area contributed by atoms with Crippen LogP contribution in [0, 0.1) is 20.8 Å². The summed E-state index contributed by atoms with van der Waals surface area (Å²) in [6, 6.07) is 17.2. The molecule has 1 aromatic heterocycles. The molecule has 0 aliphatic rings. The van der Waals surface area contributed by atoms with Crippen molar-refractivity contribution >= 4 is 29.2 Å². The largest absolute Gasteiger partial charge is 0.344 e. The molecule has 0 radical (unpaired) electrons. The van der Waals surface area contributed by atoms with Crippen molar-refractivity contribution < 1.29 is 9.59 Å². The molecular formula is C26H28N2O2S. The number of carbonyl (C=O) groups excluding carboxylic acids is 2. The smallest absolute Gasteiger partial charge is 0.268 e. The van der Waals surface area contributed by atoms with Gasteiger partial charge in [0.2, 0.25) is 0 Å². The third-order valence-electron chi connectivity index (χ3n) is 5.25. The number of rotatable bonds is 7. The van der Waals surface area contributed by atoms with Crippen molar-refractivity contribution in [3.8, 4) is 0 Å². The van der Waals surface area contributed by atoms with E-state index in [9.17, 15) is 9.59 Å². The Morgan fingerprint density at radius 2 is 1.81 bits per heavy atom. The van der Waals surface area contributed by atoms with Gasteiger partial charge in [0.1, 0.15) is 5.70 Å². The lowest BCUT2D eigenvalue weighted by atomic mass is 9.99. The zero-order valence-corrected chi connectivity index (χ0v) is 19.2. The fourth-order valence-corrected chi connectivity index (χ4v) is 3.95. The highest BCUT2D eigenvalue weighted by molar-refractivity contribution is 7.10. The Kier molecular flexibility index (Phi) is 7.42. The van der Waals surface area contributed by atoms with Crippen LogP contribution in [0.1, 0.15) is 56.9 Å². The minimum Gasteiger partial charge on any atom is -0.344 e. The van der Waals surface area contributed by atoms with E-state index in [0.29, 0.717) is 5.56 Å². The van der Waals surface area contributed by atoms with Gasteiger partial charge < -0.3 is 10.6 Å². The summed E-state index contributed by atoms with van der Waals surface area (Å²) in [6.45, 7) is 8.11. The SMILES string of the molecule is CCC(NC(=O)/C(=C/c1cccs1)NC(=O)c1cccc(C)c1)c1ccc(C)c(C)c1. The van der Waals surface area contributed by atoms with Crippen LogP contribution in [-0.4, -0.2) is 11.8 Å². The summed E-state index contributed by atoms with van der Waals surface area (Å²) in [4.78, 5) is 26.9. The van der Waals surface area contributed by atoms with Gasteiger partial charge in [-0.05, 0) is 73.5 Å². The standard InChI is InChI=1S/C26H28N2O2S/c1-5-23(20-12-11-18(3)19(4)15-20)27-26(30)24(16-22-10-7-13-31-22)28-25(29)21-9-6-8-17(2)14-21/h6-16,23H,5H2,1-4H3,(H,27,30)(H,28,29)/b24-16-. The minimum atomic E-state index is -0.306. The summed E-state index contributed by atoms with van der Waals surface area (Å²) in [7, 11) is 0. The van der Waals surface area contributed by atoms with Gasteiger partial charge in [-0.1, -0.05) is 48.9 Å². The first kappa shape index (κ1) is 22.5. The number of nitrogens with one attached hydrogen (secondary N) is 2. The molecule has 160 valence electrons. The van der Waals surface area contributed by atoms with E-state index in [4.69, 9.17) is 0 Å². The number of carbonyl (C=O) groups is 2. The second-order valence-electron chi connectivity index (χ2n) is 7.68. The Morgan fingerprint density at radius 3 is 2.45 bits per heavy atom. The van der Waals surface area contributed by atoms with E-state index in [1.165, 1.54) is 22.5 Å². The first-order valence-electron chi connectivity index (χ1n) is 10.4. The lowest BCUT2D eigenvalue weighted by Crippen LogP contribution is -2.36. The Labute approximate surface area is 188 Å². The van der Waals surface area contributed by atoms with Gasteiger partial charge in [0.15, 0.2) is 0 Å². The highest BCUT2D eigenvalue weighted by atomic mass is 32.1. The molecule has 3 rings (SSSR count). The lowest BCUT2D eigenvalue weighted by Gasteiger charge is -2.20. The predicted molar refractivity (Wildman–Crippen MR) is 128 cm³/mol. The van der Waals surface area contributed by atoms with Gasteiger partial charge in [-0.25, -0.2) is 0 Å². The number of benzene rings is 2. The normalized spacial score (nSPS) is 12.3. The molecule has 0 saturated heterocycles. The van der Waals surface area contributed by atoms with Crippen LogP contribution < -0.4 is 10.6 Å². The highest BCUT2D eigenvalue weighted by Gasteiger charge is 2.19. The van der Waals surface area contributed by atoms with Gasteiger partial charge in [-0.2, -0.15) is 0 Å². The summed E-state index contributed by atoms with van der Waals surface area (Å²) >= 11 is 1.51. The Morgan fingerprint density at radius 1 is 1.00 bits per heavy atom. The summed E-state index contributed by atoms with van der Waals surface area (Å²) in [5, 5.41) is 7.85. The van der Waals surface area contributed by atoms with E-state index in [-0.39, 0.29) is 23.6 Å². The molecule has 0 fully saturated rings. The van der Waals surface area contributed by atoms with Crippen LogP contribution in [0.5, 0.6) is 0 Å². The fourth-order valence-electron chi connectivity index (χ4n) is 3.29. The van der Waals surface area contributed by atoms with Crippen molar-refractivity contribution in [2.45, 2.75) is 40.2 Å². The van der Waals surface area contributed by atoms with Crippen molar-refractivity contribution in [2.24, 2.45) is 0 Å². The van der Waals surface area contributed by atoms with Crippen LogP contribution >= 0.6 is 11.3 Å².